The fraction of sp³-hybridized carbons (Fsp3) is 0.450. The molecule has 1 aliphatic heterocycles. The Kier molecular flexibility index (Phi) is 5.99. The maximum Gasteiger partial charge on any atom is 0.227 e. The minimum Gasteiger partial charge on any atom is -0.355 e. The van der Waals surface area contributed by atoms with Crippen LogP contribution in [-0.4, -0.2) is 35.5 Å². The Morgan fingerprint density at radius 3 is 2.48 bits per heavy atom. The molecule has 0 aliphatic carbocycles. The summed E-state index contributed by atoms with van der Waals surface area (Å²) in [6.07, 6.45) is 6.49. The van der Waals surface area contributed by atoms with Crippen LogP contribution in [0.1, 0.15) is 37.7 Å². The van der Waals surface area contributed by atoms with Crippen molar-refractivity contribution in [2.24, 2.45) is 5.92 Å². The highest BCUT2D eigenvalue weighted by atomic mass is 16.1. The fourth-order valence-corrected chi connectivity index (χ4v) is 3.42. The van der Waals surface area contributed by atoms with Crippen LogP contribution in [0.3, 0.4) is 0 Å². The fourth-order valence-electron chi connectivity index (χ4n) is 3.42. The third-order valence-electron chi connectivity index (χ3n) is 4.94. The standard InChI is InChI=1S/C20H26N4O/c1-2-18(17-7-4-3-5-8-17)19(25)23-15-16-9-13-24(14-10-16)20-21-11-6-12-22-20/h3-8,11-12,16,18H,2,9-10,13-15H2,1H3,(H,23,25). The van der Waals surface area contributed by atoms with Gasteiger partial charge in [0.25, 0.3) is 0 Å². The summed E-state index contributed by atoms with van der Waals surface area (Å²) < 4.78 is 0. The number of carbonyl (C=O) groups excluding carboxylic acids is 1. The second kappa shape index (κ2) is 8.60. The molecule has 5 nitrogen and oxygen atoms in total. The third-order valence-corrected chi connectivity index (χ3v) is 4.94. The number of carbonyl (C=O) groups is 1. The van der Waals surface area contributed by atoms with E-state index in [0.29, 0.717) is 5.92 Å². The summed E-state index contributed by atoms with van der Waals surface area (Å²) in [7, 11) is 0. The maximum atomic E-state index is 12.6. The number of anilines is 1. The van der Waals surface area contributed by atoms with Crippen LogP contribution in [0.25, 0.3) is 0 Å². The molecule has 0 spiro atoms. The van der Waals surface area contributed by atoms with Gasteiger partial charge in [0, 0.05) is 32.0 Å². The molecule has 2 aromatic rings. The zero-order valence-corrected chi connectivity index (χ0v) is 14.8. The molecule has 1 aromatic carbocycles. The van der Waals surface area contributed by atoms with Gasteiger partial charge in [0.2, 0.25) is 11.9 Å². The summed E-state index contributed by atoms with van der Waals surface area (Å²) in [5, 5.41) is 3.17. The largest absolute Gasteiger partial charge is 0.355 e. The van der Waals surface area contributed by atoms with Crippen LogP contribution < -0.4 is 10.2 Å². The highest BCUT2D eigenvalue weighted by Gasteiger charge is 2.23. The van der Waals surface area contributed by atoms with Crippen molar-refractivity contribution in [2.75, 3.05) is 24.5 Å². The van der Waals surface area contributed by atoms with E-state index in [0.717, 1.165) is 50.4 Å². The van der Waals surface area contributed by atoms with Crippen LogP contribution in [0.2, 0.25) is 0 Å². The molecule has 1 aromatic heterocycles. The van der Waals surface area contributed by atoms with E-state index in [-0.39, 0.29) is 11.8 Å². The van der Waals surface area contributed by atoms with E-state index in [4.69, 9.17) is 0 Å². The molecule has 1 aliphatic rings. The van der Waals surface area contributed by atoms with E-state index in [2.05, 4.69) is 27.1 Å². The Bertz CT molecular complexity index is 654. The normalized spacial score (nSPS) is 16.4. The van der Waals surface area contributed by atoms with Gasteiger partial charge in [-0.25, -0.2) is 9.97 Å². The van der Waals surface area contributed by atoms with Gasteiger partial charge in [-0.3, -0.25) is 4.79 Å². The molecule has 1 atom stereocenters. The predicted molar refractivity (Wildman–Crippen MR) is 99.5 cm³/mol. The van der Waals surface area contributed by atoms with Gasteiger partial charge in [0.05, 0.1) is 5.92 Å². The quantitative estimate of drug-likeness (QED) is 0.880. The first-order valence-corrected chi connectivity index (χ1v) is 9.12. The molecule has 1 amide bonds. The highest BCUT2D eigenvalue weighted by Crippen LogP contribution is 2.22. The number of nitrogens with zero attached hydrogens (tertiary/aromatic N) is 3. The number of aromatic nitrogens is 2. The van der Waals surface area contributed by atoms with Gasteiger partial charge in [-0.1, -0.05) is 37.3 Å². The highest BCUT2D eigenvalue weighted by molar-refractivity contribution is 5.83. The average Bonchev–Trinajstić information content (AvgIpc) is 2.69. The topological polar surface area (TPSA) is 58.1 Å². The van der Waals surface area contributed by atoms with Crippen LogP contribution in [0.4, 0.5) is 5.95 Å². The van der Waals surface area contributed by atoms with Crippen molar-refractivity contribution < 1.29 is 4.79 Å². The molecule has 5 heteroatoms. The Balaban J connectivity index is 1.47. The summed E-state index contributed by atoms with van der Waals surface area (Å²) in [5.41, 5.74) is 1.10. The van der Waals surface area contributed by atoms with E-state index in [9.17, 15) is 4.79 Å². The van der Waals surface area contributed by atoms with Crippen molar-refractivity contribution in [2.45, 2.75) is 32.1 Å². The second-order valence-electron chi connectivity index (χ2n) is 6.60. The van der Waals surface area contributed by atoms with Gasteiger partial charge < -0.3 is 10.2 Å². The summed E-state index contributed by atoms with van der Waals surface area (Å²) in [5.74, 6) is 1.42. The molecule has 1 unspecified atom stereocenters. The zero-order chi connectivity index (χ0) is 17.5. The molecule has 0 saturated carbocycles. The van der Waals surface area contributed by atoms with Crippen LogP contribution in [0, 0.1) is 5.92 Å². The molecule has 0 bridgehead atoms. The molecule has 1 saturated heterocycles. The van der Waals surface area contributed by atoms with E-state index in [1.54, 1.807) is 12.4 Å². The van der Waals surface area contributed by atoms with Gasteiger partial charge in [0.15, 0.2) is 0 Å². The lowest BCUT2D eigenvalue weighted by atomic mass is 9.94. The van der Waals surface area contributed by atoms with E-state index >= 15 is 0 Å². The van der Waals surface area contributed by atoms with E-state index < -0.39 is 0 Å². The number of nitrogens with one attached hydrogen (secondary N) is 1. The Labute approximate surface area is 149 Å². The molecular formula is C20H26N4O. The molecule has 0 radical (unpaired) electrons. The predicted octanol–water partition coefficient (Wildman–Crippen LogP) is 3.00. The number of hydrogen-bond donors (Lipinski definition) is 1. The number of amides is 1. The first-order valence-electron chi connectivity index (χ1n) is 9.12. The van der Waals surface area contributed by atoms with Crippen LogP contribution in [-0.2, 0) is 4.79 Å². The molecule has 25 heavy (non-hydrogen) atoms. The number of hydrogen-bond acceptors (Lipinski definition) is 4. The van der Waals surface area contributed by atoms with E-state index in [1.165, 1.54) is 0 Å². The molecule has 1 N–H and O–H groups in total. The molecule has 2 heterocycles. The monoisotopic (exact) mass is 338 g/mol. The average molecular weight is 338 g/mol. The summed E-state index contributed by atoms with van der Waals surface area (Å²) >= 11 is 0. The van der Waals surface area contributed by atoms with Crippen LogP contribution >= 0.6 is 0 Å². The van der Waals surface area contributed by atoms with Crippen molar-refractivity contribution in [3.63, 3.8) is 0 Å². The van der Waals surface area contributed by atoms with Gasteiger partial charge in [0.1, 0.15) is 0 Å². The number of benzene rings is 1. The van der Waals surface area contributed by atoms with Crippen LogP contribution in [0.5, 0.6) is 0 Å². The molecule has 1 fully saturated rings. The summed E-state index contributed by atoms with van der Waals surface area (Å²) in [6, 6.07) is 11.9. The number of piperidine rings is 1. The van der Waals surface area contributed by atoms with Crippen molar-refractivity contribution in [3.8, 4) is 0 Å². The Morgan fingerprint density at radius 2 is 1.84 bits per heavy atom. The van der Waals surface area contributed by atoms with E-state index in [1.807, 2.05) is 36.4 Å². The lowest BCUT2D eigenvalue weighted by molar-refractivity contribution is -0.122. The van der Waals surface area contributed by atoms with Crippen molar-refractivity contribution in [3.05, 3.63) is 54.4 Å². The molecule has 132 valence electrons. The van der Waals surface area contributed by atoms with Crippen molar-refractivity contribution in [1.82, 2.24) is 15.3 Å². The second-order valence-corrected chi connectivity index (χ2v) is 6.60. The summed E-state index contributed by atoms with van der Waals surface area (Å²) in [6.45, 7) is 4.71. The minimum absolute atomic E-state index is 0.0565. The lowest BCUT2D eigenvalue weighted by Crippen LogP contribution is -2.40. The molecule has 3 rings (SSSR count). The zero-order valence-electron chi connectivity index (χ0n) is 14.8. The first kappa shape index (κ1) is 17.4. The maximum absolute atomic E-state index is 12.6. The lowest BCUT2D eigenvalue weighted by Gasteiger charge is -2.32. The van der Waals surface area contributed by atoms with Crippen molar-refractivity contribution in [1.29, 1.82) is 0 Å². The van der Waals surface area contributed by atoms with Gasteiger partial charge in [-0.15, -0.1) is 0 Å². The van der Waals surface area contributed by atoms with Crippen molar-refractivity contribution >= 4 is 11.9 Å². The first-order chi connectivity index (χ1) is 12.3. The van der Waals surface area contributed by atoms with Crippen LogP contribution in [0.15, 0.2) is 48.8 Å². The summed E-state index contributed by atoms with van der Waals surface area (Å²) in [4.78, 5) is 23.4. The minimum atomic E-state index is -0.0565. The third kappa shape index (κ3) is 4.56. The van der Waals surface area contributed by atoms with Gasteiger partial charge in [-0.2, -0.15) is 0 Å². The number of rotatable bonds is 6. The smallest absolute Gasteiger partial charge is 0.227 e. The Hall–Kier alpha value is -2.43. The Morgan fingerprint density at radius 1 is 1.16 bits per heavy atom. The van der Waals surface area contributed by atoms with Gasteiger partial charge in [-0.05, 0) is 36.8 Å². The van der Waals surface area contributed by atoms with Gasteiger partial charge >= 0.3 is 0 Å². The molecular weight excluding hydrogens is 312 g/mol. The SMILES string of the molecule is CCC(C(=O)NCC1CCN(c2ncccn2)CC1)c1ccccc1.